The Hall–Kier alpha value is -2.95. The molecule has 1 aliphatic rings. The third-order valence-electron chi connectivity index (χ3n) is 5.05. The summed E-state index contributed by atoms with van der Waals surface area (Å²) < 4.78 is 6.04. The molecule has 2 aromatic rings. The number of hydrogen-bond donors (Lipinski definition) is 3. The molecule has 2 amide bonds. The van der Waals surface area contributed by atoms with E-state index >= 15 is 0 Å². The fourth-order valence-corrected chi connectivity index (χ4v) is 4.01. The van der Waals surface area contributed by atoms with Gasteiger partial charge in [-0.15, -0.1) is 0 Å². The molecule has 154 valence electrons. The van der Waals surface area contributed by atoms with Crippen molar-refractivity contribution in [3.63, 3.8) is 0 Å². The molecule has 0 aliphatic carbocycles. The molecule has 3 rings (SSSR count). The van der Waals surface area contributed by atoms with Crippen molar-refractivity contribution in [3.8, 4) is 5.75 Å². The first-order chi connectivity index (χ1) is 13.6. The number of nitrogens with one attached hydrogen (secondary N) is 2. The number of urea groups is 1. The minimum atomic E-state index is -0.321. The van der Waals surface area contributed by atoms with Gasteiger partial charge in [0.2, 0.25) is 0 Å². The summed E-state index contributed by atoms with van der Waals surface area (Å²) in [6, 6.07) is 14.4. The lowest BCUT2D eigenvalue weighted by Gasteiger charge is -2.30. The van der Waals surface area contributed by atoms with Crippen molar-refractivity contribution in [3.05, 3.63) is 65.2 Å². The standard InChI is InChI=1S/C24H30N2O3/c1-23(2,3)21-20(29-15-24(21,4)5)16-11-12-17(19(27)13-16)14-25-22(28)26-18-9-7-6-8-10-18/h6-13,27H,14-15H2,1-5H3,(H2,25,26,28). The van der Waals surface area contributed by atoms with E-state index in [1.54, 1.807) is 6.07 Å². The van der Waals surface area contributed by atoms with E-state index in [4.69, 9.17) is 4.74 Å². The van der Waals surface area contributed by atoms with Crippen LogP contribution in [0.5, 0.6) is 5.75 Å². The van der Waals surface area contributed by atoms with Crippen LogP contribution in [0.4, 0.5) is 10.5 Å². The fraction of sp³-hybridized carbons (Fsp3) is 0.375. The van der Waals surface area contributed by atoms with Crippen LogP contribution < -0.4 is 10.6 Å². The maximum atomic E-state index is 12.1. The molecule has 0 saturated heterocycles. The summed E-state index contributed by atoms with van der Waals surface area (Å²) >= 11 is 0. The monoisotopic (exact) mass is 394 g/mol. The Morgan fingerprint density at radius 3 is 2.45 bits per heavy atom. The van der Waals surface area contributed by atoms with E-state index in [1.807, 2.05) is 42.5 Å². The molecule has 2 aromatic carbocycles. The Balaban J connectivity index is 1.74. The number of carbonyl (C=O) groups excluding carboxylic acids is 1. The van der Waals surface area contributed by atoms with Crippen LogP contribution in [0.25, 0.3) is 5.76 Å². The van der Waals surface area contributed by atoms with Crippen molar-refractivity contribution in [2.45, 2.75) is 41.2 Å². The first kappa shape index (κ1) is 20.8. The van der Waals surface area contributed by atoms with Gasteiger partial charge in [0.15, 0.2) is 0 Å². The highest BCUT2D eigenvalue weighted by Crippen LogP contribution is 2.49. The highest BCUT2D eigenvalue weighted by Gasteiger charge is 2.41. The van der Waals surface area contributed by atoms with Crippen LogP contribution in [0.2, 0.25) is 0 Å². The summed E-state index contributed by atoms with van der Waals surface area (Å²) in [7, 11) is 0. The van der Waals surface area contributed by atoms with Crippen molar-refractivity contribution in [2.24, 2.45) is 10.8 Å². The lowest BCUT2D eigenvalue weighted by molar-refractivity contribution is 0.213. The minimum absolute atomic E-state index is 0.0410. The van der Waals surface area contributed by atoms with Crippen LogP contribution in [-0.4, -0.2) is 17.7 Å². The van der Waals surface area contributed by atoms with E-state index in [0.717, 1.165) is 11.3 Å². The number of para-hydroxylation sites is 1. The van der Waals surface area contributed by atoms with E-state index in [9.17, 15) is 9.90 Å². The number of ether oxygens (including phenoxy) is 1. The molecule has 0 bridgehead atoms. The van der Waals surface area contributed by atoms with E-state index in [0.29, 0.717) is 17.9 Å². The molecule has 0 aromatic heterocycles. The third kappa shape index (κ3) is 4.73. The average Bonchev–Trinajstić information content (AvgIpc) is 2.97. The van der Waals surface area contributed by atoms with Gasteiger partial charge < -0.3 is 20.5 Å². The third-order valence-corrected chi connectivity index (χ3v) is 5.05. The summed E-state index contributed by atoms with van der Waals surface area (Å²) in [5.74, 6) is 0.982. The number of rotatable bonds is 4. The van der Waals surface area contributed by atoms with Gasteiger partial charge in [-0.05, 0) is 29.2 Å². The predicted octanol–water partition coefficient (Wildman–Crippen LogP) is 5.53. The lowest BCUT2D eigenvalue weighted by atomic mass is 9.71. The molecule has 0 saturated carbocycles. The van der Waals surface area contributed by atoms with Crippen LogP contribution >= 0.6 is 0 Å². The van der Waals surface area contributed by atoms with Gasteiger partial charge in [0.05, 0.1) is 6.61 Å². The number of carbonyl (C=O) groups is 1. The molecule has 1 aliphatic heterocycles. The lowest BCUT2D eigenvalue weighted by Crippen LogP contribution is -2.28. The van der Waals surface area contributed by atoms with Crippen molar-refractivity contribution in [2.75, 3.05) is 11.9 Å². The zero-order valence-corrected chi connectivity index (χ0v) is 17.8. The SMILES string of the molecule is CC(C)(C)C1=C(c2ccc(CNC(=O)Nc3ccccc3)c(O)c2)OCC1(C)C. The van der Waals surface area contributed by atoms with Crippen LogP contribution in [0.3, 0.4) is 0 Å². The van der Waals surface area contributed by atoms with E-state index in [2.05, 4.69) is 45.3 Å². The molecule has 5 heteroatoms. The molecular formula is C24H30N2O3. The van der Waals surface area contributed by atoms with Gasteiger partial charge in [0.25, 0.3) is 0 Å². The molecule has 0 atom stereocenters. The van der Waals surface area contributed by atoms with E-state index in [1.165, 1.54) is 5.57 Å². The number of anilines is 1. The van der Waals surface area contributed by atoms with E-state index in [-0.39, 0.29) is 29.2 Å². The maximum Gasteiger partial charge on any atom is 0.319 e. The fourth-order valence-electron chi connectivity index (χ4n) is 4.01. The number of hydrogen-bond acceptors (Lipinski definition) is 3. The summed E-state index contributed by atoms with van der Waals surface area (Å²) in [6.45, 7) is 11.8. The smallest absolute Gasteiger partial charge is 0.319 e. The van der Waals surface area contributed by atoms with Crippen LogP contribution in [0.15, 0.2) is 54.1 Å². The van der Waals surface area contributed by atoms with Crippen LogP contribution in [0.1, 0.15) is 45.7 Å². The van der Waals surface area contributed by atoms with Gasteiger partial charge in [-0.1, -0.05) is 65.0 Å². The second-order valence-corrected chi connectivity index (χ2v) is 9.14. The molecule has 5 nitrogen and oxygen atoms in total. The van der Waals surface area contributed by atoms with Crippen LogP contribution in [0, 0.1) is 10.8 Å². The van der Waals surface area contributed by atoms with E-state index < -0.39 is 0 Å². The highest BCUT2D eigenvalue weighted by molar-refractivity contribution is 5.89. The Labute approximate surface area is 172 Å². The summed E-state index contributed by atoms with van der Waals surface area (Å²) in [4.78, 5) is 12.1. The second-order valence-electron chi connectivity index (χ2n) is 9.14. The molecule has 3 N–H and O–H groups in total. The largest absolute Gasteiger partial charge is 0.508 e. The van der Waals surface area contributed by atoms with Crippen molar-refractivity contribution < 1.29 is 14.6 Å². The van der Waals surface area contributed by atoms with Gasteiger partial charge in [-0.25, -0.2) is 4.79 Å². The second kappa shape index (κ2) is 7.82. The Kier molecular flexibility index (Phi) is 5.60. The summed E-state index contributed by atoms with van der Waals surface area (Å²) in [5, 5.41) is 16.1. The molecule has 0 unspecified atom stereocenters. The van der Waals surface area contributed by atoms with Crippen molar-refractivity contribution >= 4 is 17.5 Å². The number of amides is 2. The van der Waals surface area contributed by atoms with Gasteiger partial charge in [-0.3, -0.25) is 0 Å². The highest BCUT2D eigenvalue weighted by atomic mass is 16.5. The molecular weight excluding hydrogens is 364 g/mol. The first-order valence-corrected chi connectivity index (χ1v) is 9.88. The molecule has 0 radical (unpaired) electrons. The normalized spacial score (nSPS) is 15.8. The zero-order valence-electron chi connectivity index (χ0n) is 17.8. The average molecular weight is 395 g/mol. The topological polar surface area (TPSA) is 70.6 Å². The Morgan fingerprint density at radius 1 is 1.14 bits per heavy atom. The first-order valence-electron chi connectivity index (χ1n) is 9.88. The minimum Gasteiger partial charge on any atom is -0.508 e. The van der Waals surface area contributed by atoms with Gasteiger partial charge in [0.1, 0.15) is 11.5 Å². The molecule has 0 spiro atoms. The zero-order chi connectivity index (χ0) is 21.2. The number of phenolic OH excluding ortho intramolecular Hbond substituents is 1. The Bertz CT molecular complexity index is 925. The number of aromatic hydroxyl groups is 1. The maximum absolute atomic E-state index is 12.1. The van der Waals surface area contributed by atoms with Crippen molar-refractivity contribution in [1.82, 2.24) is 5.32 Å². The van der Waals surface area contributed by atoms with Crippen LogP contribution in [-0.2, 0) is 11.3 Å². The molecule has 0 fully saturated rings. The number of benzene rings is 2. The Morgan fingerprint density at radius 2 is 1.83 bits per heavy atom. The summed E-state index contributed by atoms with van der Waals surface area (Å²) in [5.41, 5.74) is 3.37. The summed E-state index contributed by atoms with van der Waals surface area (Å²) in [6.07, 6.45) is 0. The van der Waals surface area contributed by atoms with Gasteiger partial charge >= 0.3 is 6.03 Å². The quantitative estimate of drug-likeness (QED) is 0.639. The van der Waals surface area contributed by atoms with Gasteiger partial charge in [-0.2, -0.15) is 0 Å². The number of phenols is 1. The molecule has 1 heterocycles. The van der Waals surface area contributed by atoms with Gasteiger partial charge in [0, 0.05) is 28.8 Å². The van der Waals surface area contributed by atoms with Crippen molar-refractivity contribution in [1.29, 1.82) is 0 Å². The molecule has 29 heavy (non-hydrogen) atoms. The predicted molar refractivity (Wildman–Crippen MR) is 117 cm³/mol.